The standard InChI is InChI=1S/C22H36O2/c1-14-6-9-20-18-8-7-16-13-22(23-4,24-5)15(2)12-19(16)17(18)10-11-21(14,20)3/h15-20H,1,6-13H2,2-5H3/t15-,16-,17-,18+,19-,20-,21+/m0/s1. The van der Waals surface area contributed by atoms with Crippen LogP contribution in [0.25, 0.3) is 0 Å². The molecule has 24 heavy (non-hydrogen) atoms. The van der Waals surface area contributed by atoms with Gasteiger partial charge in [-0.3, -0.25) is 0 Å². The molecule has 0 bridgehead atoms. The summed E-state index contributed by atoms with van der Waals surface area (Å²) >= 11 is 0. The summed E-state index contributed by atoms with van der Waals surface area (Å²) in [6, 6.07) is 0. The van der Waals surface area contributed by atoms with Crippen LogP contribution < -0.4 is 0 Å². The lowest BCUT2D eigenvalue weighted by molar-refractivity contribution is -0.273. The Labute approximate surface area is 148 Å². The van der Waals surface area contributed by atoms with E-state index in [-0.39, 0.29) is 5.79 Å². The van der Waals surface area contributed by atoms with Gasteiger partial charge in [0.25, 0.3) is 0 Å². The maximum absolute atomic E-state index is 5.89. The van der Waals surface area contributed by atoms with Crippen LogP contribution in [0.15, 0.2) is 12.2 Å². The maximum Gasteiger partial charge on any atom is 0.170 e. The van der Waals surface area contributed by atoms with Gasteiger partial charge in [-0.25, -0.2) is 0 Å². The first-order chi connectivity index (χ1) is 11.4. The third-order valence-corrected chi connectivity index (χ3v) is 9.09. The number of hydrogen-bond acceptors (Lipinski definition) is 2. The third kappa shape index (κ3) is 2.21. The summed E-state index contributed by atoms with van der Waals surface area (Å²) in [4.78, 5) is 0. The van der Waals surface area contributed by atoms with Gasteiger partial charge in [0, 0.05) is 26.6 Å². The van der Waals surface area contributed by atoms with Crippen molar-refractivity contribution < 1.29 is 9.47 Å². The smallest absolute Gasteiger partial charge is 0.170 e. The molecule has 0 aromatic rings. The highest BCUT2D eigenvalue weighted by atomic mass is 16.7. The lowest BCUT2D eigenvalue weighted by Crippen LogP contribution is -2.54. The van der Waals surface area contributed by atoms with Crippen LogP contribution in [0, 0.1) is 40.9 Å². The van der Waals surface area contributed by atoms with Crippen molar-refractivity contribution in [2.45, 2.75) is 71.0 Å². The second-order valence-corrected chi connectivity index (χ2v) is 9.59. The topological polar surface area (TPSA) is 18.5 Å². The Bertz CT molecular complexity index is 508. The van der Waals surface area contributed by atoms with Crippen molar-refractivity contribution >= 4 is 0 Å². The van der Waals surface area contributed by atoms with E-state index < -0.39 is 0 Å². The highest BCUT2D eigenvalue weighted by Gasteiger charge is 2.57. The van der Waals surface area contributed by atoms with Crippen LogP contribution >= 0.6 is 0 Å². The van der Waals surface area contributed by atoms with Crippen molar-refractivity contribution in [2.24, 2.45) is 40.9 Å². The summed E-state index contributed by atoms with van der Waals surface area (Å²) in [5.41, 5.74) is 2.01. The molecule has 0 N–H and O–H groups in total. The molecule has 4 fully saturated rings. The molecule has 0 aliphatic heterocycles. The molecule has 0 saturated heterocycles. The van der Waals surface area contributed by atoms with Crippen LogP contribution in [0.2, 0.25) is 0 Å². The van der Waals surface area contributed by atoms with E-state index >= 15 is 0 Å². The predicted octanol–water partition coefficient (Wildman–Crippen LogP) is 5.43. The number of rotatable bonds is 2. The molecule has 2 nitrogen and oxygen atoms in total. The first-order valence-corrected chi connectivity index (χ1v) is 10.2. The fourth-order valence-electron chi connectivity index (χ4n) is 7.57. The van der Waals surface area contributed by atoms with E-state index in [1.807, 2.05) is 14.2 Å². The summed E-state index contributed by atoms with van der Waals surface area (Å²) < 4.78 is 11.8. The summed E-state index contributed by atoms with van der Waals surface area (Å²) in [5, 5.41) is 0. The van der Waals surface area contributed by atoms with Crippen molar-refractivity contribution in [1.29, 1.82) is 0 Å². The zero-order chi connectivity index (χ0) is 17.1. The van der Waals surface area contributed by atoms with Gasteiger partial charge in [0.2, 0.25) is 0 Å². The Morgan fingerprint density at radius 1 is 1.00 bits per heavy atom. The van der Waals surface area contributed by atoms with Crippen LogP contribution in [0.1, 0.15) is 65.2 Å². The molecule has 0 amide bonds. The fourth-order valence-corrected chi connectivity index (χ4v) is 7.57. The van der Waals surface area contributed by atoms with Gasteiger partial charge < -0.3 is 9.47 Å². The Hall–Kier alpha value is -0.340. The van der Waals surface area contributed by atoms with Crippen LogP contribution in [0.5, 0.6) is 0 Å². The van der Waals surface area contributed by atoms with Crippen LogP contribution in [0.4, 0.5) is 0 Å². The average molecular weight is 333 g/mol. The molecule has 0 heterocycles. The highest BCUT2D eigenvalue weighted by molar-refractivity contribution is 5.20. The Kier molecular flexibility index (Phi) is 4.16. The first-order valence-electron chi connectivity index (χ1n) is 10.2. The van der Waals surface area contributed by atoms with E-state index in [2.05, 4.69) is 20.4 Å². The molecule has 0 aromatic heterocycles. The lowest BCUT2D eigenvalue weighted by atomic mass is 9.49. The molecule has 4 aliphatic rings. The van der Waals surface area contributed by atoms with Gasteiger partial charge >= 0.3 is 0 Å². The largest absolute Gasteiger partial charge is 0.353 e. The number of ether oxygens (including phenoxy) is 2. The molecule has 0 unspecified atom stereocenters. The minimum atomic E-state index is -0.334. The van der Waals surface area contributed by atoms with Gasteiger partial charge in [-0.05, 0) is 80.0 Å². The molecule has 4 rings (SSSR count). The minimum absolute atomic E-state index is 0.334. The van der Waals surface area contributed by atoms with Gasteiger partial charge in [0.1, 0.15) is 0 Å². The molecule has 2 heteroatoms. The molecule has 0 aromatic carbocycles. The summed E-state index contributed by atoms with van der Waals surface area (Å²) in [7, 11) is 3.67. The van der Waals surface area contributed by atoms with Gasteiger partial charge in [-0.1, -0.05) is 26.0 Å². The molecule has 0 radical (unpaired) electrons. The van der Waals surface area contributed by atoms with Crippen LogP contribution in [0.3, 0.4) is 0 Å². The fraction of sp³-hybridized carbons (Fsp3) is 0.909. The molecule has 136 valence electrons. The van der Waals surface area contributed by atoms with Crippen molar-refractivity contribution in [2.75, 3.05) is 14.2 Å². The van der Waals surface area contributed by atoms with E-state index in [1.54, 1.807) is 5.57 Å². The Balaban J connectivity index is 1.57. The number of methoxy groups -OCH3 is 2. The molecular formula is C22H36O2. The van der Waals surface area contributed by atoms with Gasteiger partial charge in [0.15, 0.2) is 5.79 Å². The lowest BCUT2D eigenvalue weighted by Gasteiger charge is -2.58. The monoisotopic (exact) mass is 332 g/mol. The molecule has 0 spiro atoms. The second kappa shape index (κ2) is 5.84. The number of fused-ring (bicyclic) bond motifs is 5. The zero-order valence-electron chi connectivity index (χ0n) is 16.1. The zero-order valence-corrected chi connectivity index (χ0v) is 16.1. The second-order valence-electron chi connectivity index (χ2n) is 9.59. The Morgan fingerprint density at radius 3 is 2.46 bits per heavy atom. The van der Waals surface area contributed by atoms with Crippen molar-refractivity contribution in [3.8, 4) is 0 Å². The van der Waals surface area contributed by atoms with E-state index in [0.29, 0.717) is 11.3 Å². The van der Waals surface area contributed by atoms with Crippen molar-refractivity contribution in [3.05, 3.63) is 12.2 Å². The SMILES string of the molecule is C=C1CC[C@H]2[C@@H]3CC[C@H]4CC(OC)(OC)[C@@H](C)C[C@@H]4[C@H]3CC[C@]12C. The number of allylic oxidation sites excluding steroid dienone is 1. The Morgan fingerprint density at radius 2 is 1.75 bits per heavy atom. The third-order valence-electron chi connectivity index (χ3n) is 9.09. The average Bonchev–Trinajstić information content (AvgIpc) is 2.89. The predicted molar refractivity (Wildman–Crippen MR) is 97.5 cm³/mol. The van der Waals surface area contributed by atoms with Gasteiger partial charge in [0.05, 0.1) is 0 Å². The van der Waals surface area contributed by atoms with E-state index in [0.717, 1.165) is 36.0 Å². The summed E-state index contributed by atoms with van der Waals surface area (Å²) in [5.74, 6) is 4.68. The first kappa shape index (κ1) is 17.1. The maximum atomic E-state index is 5.89. The molecule has 7 atom stereocenters. The summed E-state index contributed by atoms with van der Waals surface area (Å²) in [6.07, 6.45) is 10.7. The molecule has 4 saturated carbocycles. The molecular weight excluding hydrogens is 296 g/mol. The quantitative estimate of drug-likeness (QED) is 0.496. The van der Waals surface area contributed by atoms with Crippen molar-refractivity contribution in [1.82, 2.24) is 0 Å². The normalized spacial score (nSPS) is 50.1. The van der Waals surface area contributed by atoms with Crippen LogP contribution in [-0.2, 0) is 9.47 Å². The molecule has 4 aliphatic carbocycles. The number of hydrogen-bond donors (Lipinski definition) is 0. The highest BCUT2D eigenvalue weighted by Crippen LogP contribution is 2.64. The van der Waals surface area contributed by atoms with E-state index in [9.17, 15) is 0 Å². The van der Waals surface area contributed by atoms with Gasteiger partial charge in [-0.2, -0.15) is 0 Å². The minimum Gasteiger partial charge on any atom is -0.353 e. The van der Waals surface area contributed by atoms with E-state index in [4.69, 9.17) is 9.47 Å². The van der Waals surface area contributed by atoms with Crippen molar-refractivity contribution in [3.63, 3.8) is 0 Å². The van der Waals surface area contributed by atoms with E-state index in [1.165, 1.54) is 44.9 Å². The summed E-state index contributed by atoms with van der Waals surface area (Å²) in [6.45, 7) is 9.32. The van der Waals surface area contributed by atoms with Crippen LogP contribution in [-0.4, -0.2) is 20.0 Å². The van der Waals surface area contributed by atoms with Gasteiger partial charge in [-0.15, -0.1) is 0 Å².